The van der Waals surface area contributed by atoms with E-state index < -0.39 is 5.97 Å². The van der Waals surface area contributed by atoms with Crippen LogP contribution < -0.4 is 9.47 Å². The van der Waals surface area contributed by atoms with Gasteiger partial charge in [0.2, 0.25) is 0 Å². The third-order valence-electron chi connectivity index (χ3n) is 4.83. The van der Waals surface area contributed by atoms with Gasteiger partial charge in [-0.25, -0.2) is 4.79 Å². The van der Waals surface area contributed by atoms with E-state index >= 15 is 0 Å². The molecule has 0 N–H and O–H groups in total. The first-order chi connectivity index (χ1) is 15.2. The van der Waals surface area contributed by atoms with Gasteiger partial charge in [0.05, 0.1) is 6.61 Å². The first-order valence-corrected chi connectivity index (χ1v) is 10.8. The molecule has 0 aliphatic carbocycles. The van der Waals surface area contributed by atoms with Gasteiger partial charge in [0.25, 0.3) is 0 Å². The van der Waals surface area contributed by atoms with Crippen molar-refractivity contribution in [3.63, 3.8) is 0 Å². The average Bonchev–Trinajstić information content (AvgIpc) is 2.81. The summed E-state index contributed by atoms with van der Waals surface area (Å²) < 4.78 is 12.5. The Morgan fingerprint density at radius 1 is 0.742 bits per heavy atom. The highest BCUT2D eigenvalue weighted by Crippen LogP contribution is 2.31. The molecule has 3 nitrogen and oxygen atoms in total. The van der Waals surface area contributed by atoms with E-state index in [1.54, 1.807) is 18.2 Å². The number of ether oxygens (including phenoxy) is 2. The average molecular weight is 473 g/mol. The Morgan fingerprint density at radius 3 is 2.19 bits per heavy atom. The molecule has 4 heteroatoms. The zero-order valence-electron chi connectivity index (χ0n) is 16.8. The van der Waals surface area contributed by atoms with Crippen LogP contribution in [0, 0.1) is 0 Å². The van der Waals surface area contributed by atoms with Gasteiger partial charge in [-0.1, -0.05) is 94.8 Å². The van der Waals surface area contributed by atoms with E-state index in [-0.39, 0.29) is 0 Å². The molecule has 4 rings (SSSR count). The molecule has 0 spiro atoms. The molecule has 4 aromatic carbocycles. The lowest BCUT2D eigenvalue weighted by Crippen LogP contribution is -2.12. The fourth-order valence-electron chi connectivity index (χ4n) is 3.28. The highest BCUT2D eigenvalue weighted by atomic mass is 79.9. The Kier molecular flexibility index (Phi) is 6.80. The lowest BCUT2D eigenvalue weighted by Gasteiger charge is -2.14. The summed E-state index contributed by atoms with van der Waals surface area (Å²) in [6.45, 7) is 0.465. The van der Waals surface area contributed by atoms with E-state index in [1.165, 1.54) is 5.56 Å². The van der Waals surface area contributed by atoms with Gasteiger partial charge in [0.15, 0.2) is 0 Å². The van der Waals surface area contributed by atoms with Gasteiger partial charge >= 0.3 is 5.97 Å². The van der Waals surface area contributed by atoms with E-state index in [4.69, 9.17) is 9.47 Å². The van der Waals surface area contributed by atoms with Crippen molar-refractivity contribution < 1.29 is 14.3 Å². The van der Waals surface area contributed by atoms with E-state index in [2.05, 4.69) is 28.1 Å². The molecule has 0 heterocycles. The third kappa shape index (κ3) is 5.41. The number of rotatable bonds is 7. The number of hydrogen-bond acceptors (Lipinski definition) is 3. The van der Waals surface area contributed by atoms with Crippen molar-refractivity contribution in [2.24, 2.45) is 0 Å². The van der Waals surface area contributed by atoms with Crippen LogP contribution in [0.15, 0.2) is 108 Å². The highest BCUT2D eigenvalue weighted by molar-refractivity contribution is 9.10. The summed E-state index contributed by atoms with van der Waals surface area (Å²) in [5, 5.41) is 0. The summed E-state index contributed by atoms with van der Waals surface area (Å²) in [7, 11) is 0. The molecular formula is C27H21BrO3. The third-order valence-corrected chi connectivity index (χ3v) is 5.32. The van der Waals surface area contributed by atoms with E-state index in [1.807, 2.05) is 72.8 Å². The summed E-state index contributed by atoms with van der Waals surface area (Å²) in [5.41, 5.74) is 3.41. The second-order valence-corrected chi connectivity index (χ2v) is 7.89. The van der Waals surface area contributed by atoms with Gasteiger partial charge in [-0.3, -0.25) is 0 Å². The molecule has 0 unspecified atom stereocenters. The fraction of sp³-hybridized carbons (Fsp3) is 0.0741. The van der Waals surface area contributed by atoms with Crippen molar-refractivity contribution in [3.8, 4) is 22.6 Å². The Balaban J connectivity index is 1.53. The molecule has 0 fully saturated rings. The van der Waals surface area contributed by atoms with Crippen LogP contribution in [0.25, 0.3) is 11.1 Å². The zero-order valence-corrected chi connectivity index (χ0v) is 18.4. The topological polar surface area (TPSA) is 35.5 Å². The van der Waals surface area contributed by atoms with Crippen molar-refractivity contribution in [2.45, 2.75) is 6.42 Å². The fourth-order valence-corrected chi connectivity index (χ4v) is 3.64. The first kappa shape index (κ1) is 20.9. The second kappa shape index (κ2) is 10.1. The summed E-state index contributed by atoms with van der Waals surface area (Å²) in [6, 6.07) is 32.8. The van der Waals surface area contributed by atoms with Gasteiger partial charge in [-0.2, -0.15) is 0 Å². The Hall–Kier alpha value is -3.37. The molecule has 0 aliphatic heterocycles. The molecule has 0 bridgehead atoms. The van der Waals surface area contributed by atoms with Gasteiger partial charge in [-0.05, 0) is 35.4 Å². The van der Waals surface area contributed by atoms with Gasteiger partial charge in [-0.15, -0.1) is 0 Å². The van der Waals surface area contributed by atoms with E-state index in [0.717, 1.165) is 22.0 Å². The van der Waals surface area contributed by atoms with Crippen LogP contribution in [0.4, 0.5) is 0 Å². The molecule has 0 saturated carbocycles. The minimum atomic E-state index is -0.459. The lowest BCUT2D eigenvalue weighted by atomic mass is 10.0. The van der Waals surface area contributed by atoms with Crippen molar-refractivity contribution in [1.82, 2.24) is 0 Å². The normalized spacial score (nSPS) is 10.5. The minimum absolute atomic E-state index is 0.380. The number of esters is 1. The maximum Gasteiger partial charge on any atom is 0.347 e. The quantitative estimate of drug-likeness (QED) is 0.215. The molecule has 0 amide bonds. The number of para-hydroxylation sites is 1. The Labute approximate surface area is 190 Å². The minimum Gasteiger partial charge on any atom is -0.492 e. The van der Waals surface area contributed by atoms with Crippen LogP contribution in [0.3, 0.4) is 0 Å². The van der Waals surface area contributed by atoms with Crippen molar-refractivity contribution in [3.05, 3.63) is 119 Å². The Bertz CT molecular complexity index is 1160. The molecule has 0 aromatic heterocycles. The standard InChI is InChI=1S/C27H21BrO3/c28-22-15-16-25(30-18-17-20-9-3-1-4-10-20)24(19-22)27(29)31-26-14-8-7-13-23(26)21-11-5-2-6-12-21/h1-16,19H,17-18H2. The second-order valence-electron chi connectivity index (χ2n) is 6.98. The van der Waals surface area contributed by atoms with Crippen LogP contribution >= 0.6 is 15.9 Å². The predicted molar refractivity (Wildman–Crippen MR) is 127 cm³/mol. The van der Waals surface area contributed by atoms with Crippen LogP contribution in [0.1, 0.15) is 15.9 Å². The van der Waals surface area contributed by atoms with Crippen molar-refractivity contribution in [1.29, 1.82) is 0 Å². The number of carbonyl (C=O) groups excluding carboxylic acids is 1. The number of benzene rings is 4. The lowest BCUT2D eigenvalue weighted by molar-refractivity contribution is 0.0731. The number of hydrogen-bond donors (Lipinski definition) is 0. The summed E-state index contributed by atoms with van der Waals surface area (Å²) >= 11 is 3.44. The predicted octanol–water partition coefficient (Wildman–Crippen LogP) is 6.96. The summed E-state index contributed by atoms with van der Waals surface area (Å²) in [5.74, 6) is 0.551. The largest absolute Gasteiger partial charge is 0.492 e. The van der Waals surface area contributed by atoms with Gasteiger partial charge in [0, 0.05) is 16.5 Å². The molecule has 0 aliphatic rings. The van der Waals surface area contributed by atoms with Crippen LogP contribution in [-0.2, 0) is 6.42 Å². The smallest absolute Gasteiger partial charge is 0.347 e. The summed E-state index contributed by atoms with van der Waals surface area (Å²) in [6.07, 6.45) is 0.752. The molecule has 4 aromatic rings. The first-order valence-electron chi connectivity index (χ1n) is 10.0. The molecule has 0 atom stereocenters. The van der Waals surface area contributed by atoms with Crippen molar-refractivity contribution in [2.75, 3.05) is 6.61 Å². The van der Waals surface area contributed by atoms with Crippen LogP contribution in [-0.4, -0.2) is 12.6 Å². The van der Waals surface area contributed by atoms with Crippen molar-refractivity contribution >= 4 is 21.9 Å². The number of halogens is 1. The maximum atomic E-state index is 13.1. The van der Waals surface area contributed by atoms with Gasteiger partial charge < -0.3 is 9.47 Å². The molecule has 0 radical (unpaired) electrons. The molecule has 154 valence electrons. The molecule has 31 heavy (non-hydrogen) atoms. The Morgan fingerprint density at radius 2 is 1.42 bits per heavy atom. The molecule has 0 saturated heterocycles. The highest BCUT2D eigenvalue weighted by Gasteiger charge is 2.18. The SMILES string of the molecule is O=C(Oc1ccccc1-c1ccccc1)c1cc(Br)ccc1OCCc1ccccc1. The van der Waals surface area contributed by atoms with E-state index in [9.17, 15) is 4.79 Å². The number of carbonyl (C=O) groups is 1. The maximum absolute atomic E-state index is 13.1. The van der Waals surface area contributed by atoms with Crippen LogP contribution in [0.2, 0.25) is 0 Å². The summed E-state index contributed by atoms with van der Waals surface area (Å²) in [4.78, 5) is 13.1. The zero-order chi connectivity index (χ0) is 21.5. The molecular weight excluding hydrogens is 452 g/mol. The van der Waals surface area contributed by atoms with Crippen LogP contribution in [0.5, 0.6) is 11.5 Å². The van der Waals surface area contributed by atoms with E-state index in [0.29, 0.717) is 23.7 Å². The monoisotopic (exact) mass is 472 g/mol. The van der Waals surface area contributed by atoms with Gasteiger partial charge in [0.1, 0.15) is 17.1 Å².